The van der Waals surface area contributed by atoms with E-state index in [1.807, 2.05) is 0 Å². The maximum absolute atomic E-state index is 13.2. The van der Waals surface area contributed by atoms with Gasteiger partial charge < -0.3 is 5.73 Å². The van der Waals surface area contributed by atoms with Crippen LogP contribution in [0, 0.1) is 11.6 Å². The van der Waals surface area contributed by atoms with Crippen molar-refractivity contribution in [1.29, 1.82) is 0 Å². The molecule has 7 heteroatoms. The first kappa shape index (κ1) is 14.4. The molecule has 0 radical (unpaired) electrons. The fourth-order valence-corrected chi connectivity index (χ4v) is 4.09. The van der Waals surface area contributed by atoms with Crippen LogP contribution < -0.4 is 5.73 Å². The molecule has 0 unspecified atom stereocenters. The Labute approximate surface area is 111 Å². The lowest BCUT2D eigenvalue weighted by atomic mass is 10.1. The molecule has 19 heavy (non-hydrogen) atoms. The van der Waals surface area contributed by atoms with E-state index in [2.05, 4.69) is 0 Å². The average molecular weight is 290 g/mol. The Morgan fingerprint density at radius 3 is 2.42 bits per heavy atom. The molecule has 1 saturated heterocycles. The third-order valence-electron chi connectivity index (χ3n) is 3.29. The number of sulfonamides is 1. The summed E-state index contributed by atoms with van der Waals surface area (Å²) < 4.78 is 52.4. The first-order valence-electron chi connectivity index (χ1n) is 6.13. The molecule has 1 aliphatic rings. The van der Waals surface area contributed by atoms with Gasteiger partial charge in [-0.25, -0.2) is 17.2 Å². The predicted molar refractivity (Wildman–Crippen MR) is 66.9 cm³/mol. The maximum Gasteiger partial charge on any atom is 0.243 e. The molecule has 1 aromatic carbocycles. The fourth-order valence-electron chi connectivity index (χ4n) is 2.34. The zero-order valence-corrected chi connectivity index (χ0v) is 11.2. The number of benzene rings is 1. The van der Waals surface area contributed by atoms with Crippen molar-refractivity contribution in [3.05, 3.63) is 29.8 Å². The second-order valence-corrected chi connectivity index (χ2v) is 6.50. The lowest BCUT2D eigenvalue weighted by Gasteiger charge is -2.33. The molecule has 4 nitrogen and oxygen atoms in total. The molecule has 0 spiro atoms. The number of nitrogens with zero attached hydrogens (tertiary/aromatic N) is 1. The third-order valence-corrected chi connectivity index (χ3v) is 5.22. The van der Waals surface area contributed by atoms with Crippen LogP contribution in [0.1, 0.15) is 19.3 Å². The van der Waals surface area contributed by atoms with Gasteiger partial charge in [0.05, 0.1) is 4.90 Å². The number of hydrogen-bond donors (Lipinski definition) is 1. The zero-order valence-electron chi connectivity index (χ0n) is 10.4. The first-order chi connectivity index (χ1) is 8.95. The van der Waals surface area contributed by atoms with E-state index in [0.29, 0.717) is 19.0 Å². The van der Waals surface area contributed by atoms with Crippen molar-refractivity contribution in [1.82, 2.24) is 4.31 Å². The summed E-state index contributed by atoms with van der Waals surface area (Å²) in [7, 11) is -3.89. The molecule has 1 aromatic rings. The average Bonchev–Trinajstić information content (AvgIpc) is 2.37. The monoisotopic (exact) mass is 290 g/mol. The molecule has 106 valence electrons. The van der Waals surface area contributed by atoms with Crippen molar-refractivity contribution in [3.63, 3.8) is 0 Å². The van der Waals surface area contributed by atoms with Crippen LogP contribution in [0.15, 0.2) is 23.1 Å². The van der Waals surface area contributed by atoms with Crippen molar-refractivity contribution in [2.45, 2.75) is 30.2 Å². The minimum absolute atomic E-state index is 0.205. The minimum Gasteiger partial charge on any atom is -0.329 e. The number of rotatable bonds is 3. The van der Waals surface area contributed by atoms with Crippen LogP contribution in [0.5, 0.6) is 0 Å². The van der Waals surface area contributed by atoms with Gasteiger partial charge in [-0.2, -0.15) is 4.31 Å². The molecule has 0 saturated carbocycles. The van der Waals surface area contributed by atoms with Crippen LogP contribution in [0.4, 0.5) is 8.78 Å². The topological polar surface area (TPSA) is 63.4 Å². The molecule has 1 atom stereocenters. The normalized spacial score (nSPS) is 21.5. The predicted octanol–water partition coefficient (Wildman–Crippen LogP) is 1.47. The van der Waals surface area contributed by atoms with E-state index >= 15 is 0 Å². The molecule has 0 aromatic heterocycles. The van der Waals surface area contributed by atoms with Crippen molar-refractivity contribution < 1.29 is 17.2 Å². The largest absolute Gasteiger partial charge is 0.329 e. The van der Waals surface area contributed by atoms with E-state index in [1.165, 1.54) is 4.31 Å². The Balaban J connectivity index is 2.40. The van der Waals surface area contributed by atoms with Crippen molar-refractivity contribution >= 4 is 10.0 Å². The lowest BCUT2D eigenvalue weighted by molar-refractivity contribution is 0.257. The summed E-state index contributed by atoms with van der Waals surface area (Å²) in [5.41, 5.74) is 5.57. The van der Waals surface area contributed by atoms with Gasteiger partial charge in [-0.1, -0.05) is 6.42 Å². The van der Waals surface area contributed by atoms with Crippen LogP contribution in [0.25, 0.3) is 0 Å². The van der Waals surface area contributed by atoms with Gasteiger partial charge in [0.2, 0.25) is 10.0 Å². The standard InChI is InChI=1S/C12H16F2N2O2S/c13-9-5-10(14)7-12(6-9)19(17,18)16-4-2-1-3-11(16)8-15/h5-7,11H,1-4,8,15H2/t11-/m1/s1. The molecule has 1 aliphatic heterocycles. The molecule has 2 N–H and O–H groups in total. The second-order valence-electron chi connectivity index (χ2n) is 4.61. The Hall–Kier alpha value is -1.05. The zero-order chi connectivity index (χ0) is 14.0. The molecule has 0 aliphatic carbocycles. The molecular formula is C12H16F2N2O2S. The SMILES string of the molecule is NC[C@H]1CCCCN1S(=O)(=O)c1cc(F)cc(F)c1. The summed E-state index contributed by atoms with van der Waals surface area (Å²) in [5, 5.41) is 0. The summed E-state index contributed by atoms with van der Waals surface area (Å²) in [4.78, 5) is -0.356. The van der Waals surface area contributed by atoms with Crippen molar-refractivity contribution in [2.24, 2.45) is 5.73 Å². The van der Waals surface area contributed by atoms with Gasteiger partial charge in [-0.05, 0) is 25.0 Å². The second kappa shape index (κ2) is 5.52. The van der Waals surface area contributed by atoms with Crippen LogP contribution in [0.3, 0.4) is 0 Å². The summed E-state index contributed by atoms with van der Waals surface area (Å²) in [6.45, 7) is 0.541. The van der Waals surface area contributed by atoms with E-state index in [4.69, 9.17) is 5.73 Å². The highest BCUT2D eigenvalue weighted by atomic mass is 32.2. The van der Waals surface area contributed by atoms with Crippen LogP contribution >= 0.6 is 0 Å². The molecule has 0 bridgehead atoms. The summed E-state index contributed by atoms with van der Waals surface area (Å²) in [6, 6.07) is 2.02. The van der Waals surface area contributed by atoms with E-state index < -0.39 is 21.7 Å². The Morgan fingerprint density at radius 2 is 1.84 bits per heavy atom. The van der Waals surface area contributed by atoms with Crippen LogP contribution in [-0.4, -0.2) is 31.9 Å². The summed E-state index contributed by atoms with van der Waals surface area (Å²) in [6.07, 6.45) is 2.31. The summed E-state index contributed by atoms with van der Waals surface area (Å²) >= 11 is 0. The maximum atomic E-state index is 13.2. The Kier molecular flexibility index (Phi) is 4.17. The van der Waals surface area contributed by atoms with Crippen molar-refractivity contribution in [2.75, 3.05) is 13.1 Å². The van der Waals surface area contributed by atoms with E-state index in [1.54, 1.807) is 0 Å². The minimum atomic E-state index is -3.89. The van der Waals surface area contributed by atoms with Gasteiger partial charge in [0.1, 0.15) is 11.6 Å². The van der Waals surface area contributed by atoms with Gasteiger partial charge in [0.25, 0.3) is 0 Å². The molecule has 1 fully saturated rings. The third kappa shape index (κ3) is 2.93. The number of hydrogen-bond acceptors (Lipinski definition) is 3. The van der Waals surface area contributed by atoms with Crippen LogP contribution in [-0.2, 0) is 10.0 Å². The summed E-state index contributed by atoms with van der Waals surface area (Å²) in [5.74, 6) is -1.81. The molecule has 2 rings (SSSR count). The van der Waals surface area contributed by atoms with Gasteiger partial charge >= 0.3 is 0 Å². The number of piperidine rings is 1. The highest BCUT2D eigenvalue weighted by Gasteiger charge is 2.33. The molecule has 1 heterocycles. The quantitative estimate of drug-likeness (QED) is 0.917. The van der Waals surface area contributed by atoms with Crippen LogP contribution in [0.2, 0.25) is 0 Å². The van der Waals surface area contributed by atoms with Gasteiger partial charge in [-0.3, -0.25) is 0 Å². The van der Waals surface area contributed by atoms with E-state index in [0.717, 1.165) is 25.0 Å². The Bertz CT molecular complexity index is 543. The number of halogens is 2. The lowest BCUT2D eigenvalue weighted by Crippen LogP contribution is -2.47. The van der Waals surface area contributed by atoms with E-state index in [-0.39, 0.29) is 17.5 Å². The van der Waals surface area contributed by atoms with Gasteiger partial charge in [-0.15, -0.1) is 0 Å². The Morgan fingerprint density at radius 1 is 1.21 bits per heavy atom. The van der Waals surface area contributed by atoms with E-state index in [9.17, 15) is 17.2 Å². The molecule has 0 amide bonds. The fraction of sp³-hybridized carbons (Fsp3) is 0.500. The van der Waals surface area contributed by atoms with Gasteiger partial charge in [0.15, 0.2) is 0 Å². The van der Waals surface area contributed by atoms with Crippen molar-refractivity contribution in [3.8, 4) is 0 Å². The number of nitrogens with two attached hydrogens (primary N) is 1. The first-order valence-corrected chi connectivity index (χ1v) is 7.57. The van der Waals surface area contributed by atoms with Gasteiger partial charge in [0, 0.05) is 25.2 Å². The highest BCUT2D eigenvalue weighted by Crippen LogP contribution is 2.25. The smallest absolute Gasteiger partial charge is 0.243 e. The molecular weight excluding hydrogens is 274 g/mol. The highest BCUT2D eigenvalue weighted by molar-refractivity contribution is 7.89.